The fourth-order valence-corrected chi connectivity index (χ4v) is 5.64. The Labute approximate surface area is 192 Å². The predicted octanol–water partition coefficient (Wildman–Crippen LogP) is 4.16. The lowest BCUT2D eigenvalue weighted by Crippen LogP contribution is -2.44. The highest BCUT2D eigenvalue weighted by Crippen LogP contribution is 2.36. The molecule has 33 heavy (non-hydrogen) atoms. The summed E-state index contributed by atoms with van der Waals surface area (Å²) in [6.45, 7) is 2.75. The van der Waals surface area contributed by atoms with Crippen LogP contribution in [0.15, 0.2) is 53.4 Å². The Morgan fingerprint density at radius 2 is 1.70 bits per heavy atom. The number of benzene rings is 2. The van der Waals surface area contributed by atoms with Crippen LogP contribution < -0.4 is 4.74 Å². The van der Waals surface area contributed by atoms with Gasteiger partial charge in [0.15, 0.2) is 0 Å². The molecule has 2 aromatic rings. The van der Waals surface area contributed by atoms with Gasteiger partial charge in [0.2, 0.25) is 15.9 Å². The topological polar surface area (TPSA) is 66.9 Å². The number of ether oxygens (including phenoxy) is 1. The van der Waals surface area contributed by atoms with Gasteiger partial charge in [0.05, 0.1) is 17.6 Å². The number of carbonyl (C=O) groups excluding carboxylic acids is 1. The summed E-state index contributed by atoms with van der Waals surface area (Å²) in [5, 5.41) is 0. The summed E-state index contributed by atoms with van der Waals surface area (Å²) in [6.07, 6.45) is -4.27. The molecule has 1 fully saturated rings. The van der Waals surface area contributed by atoms with Crippen LogP contribution in [0.1, 0.15) is 30.9 Å². The van der Waals surface area contributed by atoms with E-state index in [2.05, 4.69) is 0 Å². The van der Waals surface area contributed by atoms with E-state index < -0.39 is 26.7 Å². The first-order valence-electron chi connectivity index (χ1n) is 10.7. The van der Waals surface area contributed by atoms with Crippen LogP contribution in [0.4, 0.5) is 13.2 Å². The van der Waals surface area contributed by atoms with Crippen LogP contribution in [0.2, 0.25) is 0 Å². The van der Waals surface area contributed by atoms with Gasteiger partial charge in [0.25, 0.3) is 0 Å². The highest BCUT2D eigenvalue weighted by molar-refractivity contribution is 7.89. The molecule has 2 aromatic carbocycles. The SMILES string of the molecule is CCN(Cc1ccc(OC)cc1)C(=O)C1CCN(S(=O)(=O)c2ccccc2C(F)(F)F)CC1. The molecule has 0 aliphatic carbocycles. The number of halogens is 3. The van der Waals surface area contributed by atoms with Crippen LogP contribution >= 0.6 is 0 Å². The third-order valence-electron chi connectivity index (χ3n) is 5.84. The van der Waals surface area contributed by atoms with Crippen LogP contribution in [0.5, 0.6) is 5.75 Å². The average Bonchev–Trinajstić information content (AvgIpc) is 2.82. The predicted molar refractivity (Wildman–Crippen MR) is 117 cm³/mol. The largest absolute Gasteiger partial charge is 0.497 e. The normalized spacial score (nSPS) is 15.9. The standard InChI is InChI=1S/C23H27F3N2O4S/c1-3-27(16-17-8-10-19(32-2)11-9-17)22(29)18-12-14-28(15-13-18)33(30,31)21-7-5-4-6-20(21)23(24,25)26/h4-11,18H,3,12-16H2,1-2H3. The number of alkyl halides is 3. The van der Waals surface area contributed by atoms with Crippen LogP contribution in [0.3, 0.4) is 0 Å². The number of nitrogens with zero attached hydrogens (tertiary/aromatic N) is 2. The first-order chi connectivity index (χ1) is 15.6. The van der Waals surface area contributed by atoms with E-state index in [0.29, 0.717) is 18.8 Å². The van der Waals surface area contributed by atoms with E-state index >= 15 is 0 Å². The van der Waals surface area contributed by atoms with Crippen molar-refractivity contribution in [1.82, 2.24) is 9.21 Å². The van der Waals surface area contributed by atoms with E-state index in [4.69, 9.17) is 4.74 Å². The number of sulfonamides is 1. The number of hydrogen-bond donors (Lipinski definition) is 0. The molecule has 0 N–H and O–H groups in total. The van der Waals surface area contributed by atoms with E-state index in [1.807, 2.05) is 31.2 Å². The van der Waals surface area contributed by atoms with Gasteiger partial charge in [-0.05, 0) is 49.6 Å². The Kier molecular flexibility index (Phi) is 7.69. The van der Waals surface area contributed by atoms with Crippen molar-refractivity contribution < 1.29 is 31.1 Å². The molecule has 1 amide bonds. The minimum absolute atomic E-state index is 0.00891. The van der Waals surface area contributed by atoms with E-state index in [1.54, 1.807) is 12.0 Å². The van der Waals surface area contributed by atoms with E-state index in [1.165, 1.54) is 6.07 Å². The summed E-state index contributed by atoms with van der Waals surface area (Å²) >= 11 is 0. The molecule has 3 rings (SSSR count). The number of methoxy groups -OCH3 is 1. The maximum Gasteiger partial charge on any atom is 0.417 e. The minimum atomic E-state index is -4.78. The second-order valence-corrected chi connectivity index (χ2v) is 9.78. The smallest absolute Gasteiger partial charge is 0.417 e. The van der Waals surface area contributed by atoms with Crippen molar-refractivity contribution in [2.45, 2.75) is 37.4 Å². The highest BCUT2D eigenvalue weighted by Gasteiger charge is 2.40. The molecule has 180 valence electrons. The van der Waals surface area contributed by atoms with Crippen LogP contribution in [0.25, 0.3) is 0 Å². The summed E-state index contributed by atoms with van der Waals surface area (Å²) in [4.78, 5) is 14.0. The second-order valence-electron chi connectivity index (χ2n) is 7.87. The monoisotopic (exact) mass is 484 g/mol. The van der Waals surface area contributed by atoms with Gasteiger partial charge >= 0.3 is 6.18 Å². The van der Waals surface area contributed by atoms with Crippen LogP contribution in [0, 0.1) is 5.92 Å². The summed E-state index contributed by atoms with van der Waals surface area (Å²) in [5.41, 5.74) is -0.241. The zero-order valence-corrected chi connectivity index (χ0v) is 19.3. The molecule has 0 spiro atoms. The number of hydrogen-bond acceptors (Lipinski definition) is 4. The molecule has 1 saturated heterocycles. The van der Waals surface area contributed by atoms with Crippen molar-refractivity contribution in [2.24, 2.45) is 5.92 Å². The molecule has 0 unspecified atom stereocenters. The summed E-state index contributed by atoms with van der Waals surface area (Å²) < 4.78 is 72.0. The molecule has 1 aliphatic rings. The van der Waals surface area contributed by atoms with E-state index in [0.717, 1.165) is 28.1 Å². The van der Waals surface area contributed by atoms with Crippen molar-refractivity contribution in [3.8, 4) is 5.75 Å². The van der Waals surface area contributed by atoms with Crippen molar-refractivity contribution in [1.29, 1.82) is 0 Å². The third-order valence-corrected chi connectivity index (χ3v) is 7.80. The molecule has 0 bridgehead atoms. The van der Waals surface area contributed by atoms with Crippen molar-refractivity contribution >= 4 is 15.9 Å². The zero-order chi connectivity index (χ0) is 24.2. The molecule has 0 atom stereocenters. The molecular weight excluding hydrogens is 457 g/mol. The Hall–Kier alpha value is -2.59. The molecular formula is C23H27F3N2O4S. The molecule has 0 aromatic heterocycles. The van der Waals surface area contributed by atoms with E-state index in [9.17, 15) is 26.4 Å². The Balaban J connectivity index is 1.67. The summed E-state index contributed by atoms with van der Waals surface area (Å²) in [5.74, 6) is 0.252. The van der Waals surface area contributed by atoms with Gasteiger partial charge in [0.1, 0.15) is 5.75 Å². The van der Waals surface area contributed by atoms with Gasteiger partial charge in [-0.3, -0.25) is 4.79 Å². The molecule has 10 heteroatoms. The summed E-state index contributed by atoms with van der Waals surface area (Å²) in [7, 11) is -2.75. The minimum Gasteiger partial charge on any atom is -0.497 e. The lowest BCUT2D eigenvalue weighted by atomic mass is 9.96. The number of carbonyl (C=O) groups is 1. The third kappa shape index (κ3) is 5.67. The van der Waals surface area contributed by atoms with Crippen molar-refractivity contribution in [2.75, 3.05) is 26.7 Å². The van der Waals surface area contributed by atoms with Gasteiger partial charge in [-0.15, -0.1) is 0 Å². The zero-order valence-electron chi connectivity index (χ0n) is 18.5. The Morgan fingerprint density at radius 3 is 2.24 bits per heavy atom. The fraction of sp³-hybridized carbons (Fsp3) is 0.435. The van der Waals surface area contributed by atoms with E-state index in [-0.39, 0.29) is 37.8 Å². The van der Waals surface area contributed by atoms with Crippen molar-refractivity contribution in [3.05, 3.63) is 59.7 Å². The first-order valence-corrected chi connectivity index (χ1v) is 12.1. The maximum absolute atomic E-state index is 13.3. The molecule has 1 aliphatic heterocycles. The number of amides is 1. The molecule has 0 radical (unpaired) electrons. The molecule has 0 saturated carbocycles. The lowest BCUT2D eigenvalue weighted by molar-refractivity contribution is -0.140. The van der Waals surface area contributed by atoms with Crippen LogP contribution in [-0.4, -0.2) is 50.3 Å². The maximum atomic E-state index is 13.3. The van der Waals surface area contributed by atoms with Gasteiger partial charge < -0.3 is 9.64 Å². The Bertz CT molecular complexity index is 1060. The van der Waals surface area contributed by atoms with Crippen molar-refractivity contribution in [3.63, 3.8) is 0 Å². The lowest BCUT2D eigenvalue weighted by Gasteiger charge is -2.33. The summed E-state index contributed by atoms with van der Waals surface area (Å²) in [6, 6.07) is 11.6. The van der Waals surface area contributed by atoms with Gasteiger partial charge in [-0.1, -0.05) is 24.3 Å². The van der Waals surface area contributed by atoms with Crippen LogP contribution in [-0.2, 0) is 27.5 Å². The first kappa shape index (κ1) is 25.0. The van der Waals surface area contributed by atoms with Gasteiger partial charge in [-0.2, -0.15) is 17.5 Å². The Morgan fingerprint density at radius 1 is 1.09 bits per heavy atom. The highest BCUT2D eigenvalue weighted by atomic mass is 32.2. The van der Waals surface area contributed by atoms with Gasteiger partial charge in [-0.25, -0.2) is 8.42 Å². The number of rotatable bonds is 7. The molecule has 6 nitrogen and oxygen atoms in total. The number of piperidine rings is 1. The fourth-order valence-electron chi connectivity index (χ4n) is 3.96. The van der Waals surface area contributed by atoms with Gasteiger partial charge in [0, 0.05) is 32.1 Å². The second kappa shape index (κ2) is 10.1. The average molecular weight is 485 g/mol. The molecule has 1 heterocycles. The quantitative estimate of drug-likeness (QED) is 0.592.